The number of ether oxygens (including phenoxy) is 1. The lowest BCUT2D eigenvalue weighted by Crippen LogP contribution is -2.50. The van der Waals surface area contributed by atoms with E-state index >= 15 is 0 Å². The quantitative estimate of drug-likeness (QED) is 0.514. The number of hydrogen-bond acceptors (Lipinski definition) is 7. The van der Waals surface area contributed by atoms with E-state index in [1.807, 2.05) is 45.2 Å². The molecule has 0 aliphatic carbocycles. The summed E-state index contributed by atoms with van der Waals surface area (Å²) in [4.78, 5) is 36.3. The van der Waals surface area contributed by atoms with Gasteiger partial charge in [-0.2, -0.15) is 5.10 Å². The number of nitrogen functional groups attached to an aromatic ring is 1. The summed E-state index contributed by atoms with van der Waals surface area (Å²) in [6.45, 7) is 11.9. The summed E-state index contributed by atoms with van der Waals surface area (Å²) in [5, 5.41) is 7.59. The van der Waals surface area contributed by atoms with Crippen molar-refractivity contribution >= 4 is 17.8 Å². The number of fused-ring (bicyclic) bond motifs is 1. The lowest BCUT2D eigenvalue weighted by molar-refractivity contribution is 0.0185. The highest BCUT2D eigenvalue weighted by Gasteiger charge is 2.32. The van der Waals surface area contributed by atoms with Crippen molar-refractivity contribution in [3.63, 3.8) is 0 Å². The summed E-state index contributed by atoms with van der Waals surface area (Å²) in [5.41, 5.74) is 10.5. The van der Waals surface area contributed by atoms with Gasteiger partial charge in [0.1, 0.15) is 5.60 Å². The maximum absolute atomic E-state index is 13.2. The monoisotopic (exact) mass is 531 g/mol. The number of aromatic nitrogens is 4. The van der Waals surface area contributed by atoms with Crippen LogP contribution < -0.4 is 11.1 Å². The van der Waals surface area contributed by atoms with Crippen LogP contribution in [0, 0.1) is 5.41 Å². The number of nitrogens with one attached hydrogen (secondary N) is 1. The predicted molar refractivity (Wildman–Crippen MR) is 149 cm³/mol. The van der Waals surface area contributed by atoms with Crippen molar-refractivity contribution < 1.29 is 14.3 Å². The van der Waals surface area contributed by atoms with E-state index in [1.165, 1.54) is 5.69 Å². The first kappa shape index (κ1) is 26.6. The number of hydrogen-bond donors (Lipinski definition) is 2. The fourth-order valence-corrected chi connectivity index (χ4v) is 5.28. The fourth-order valence-electron chi connectivity index (χ4n) is 5.28. The molecular formula is C29H37N7O3. The van der Waals surface area contributed by atoms with Crippen LogP contribution in [0.2, 0.25) is 0 Å². The fraction of sp³-hybridized carbons (Fsp3) is 0.483. The number of carbonyl (C=O) groups excluding carboxylic acids is 2. The number of anilines is 1. The maximum atomic E-state index is 13.2. The number of nitrogens with two attached hydrogens (primary N) is 1. The molecule has 2 aliphatic heterocycles. The summed E-state index contributed by atoms with van der Waals surface area (Å²) in [6.07, 6.45) is 5.59. The Hall–Kier alpha value is -3.95. The topological polar surface area (TPSA) is 128 Å². The van der Waals surface area contributed by atoms with Gasteiger partial charge in [0.15, 0.2) is 11.5 Å². The molecule has 4 heterocycles. The Morgan fingerprint density at radius 1 is 1.18 bits per heavy atom. The van der Waals surface area contributed by atoms with Crippen LogP contribution in [0.15, 0.2) is 36.7 Å². The maximum Gasteiger partial charge on any atom is 0.410 e. The normalized spacial score (nSPS) is 18.5. The van der Waals surface area contributed by atoms with Crippen LogP contribution >= 0.6 is 0 Å². The molecule has 1 saturated heterocycles. The lowest BCUT2D eigenvalue weighted by Gasteiger charge is -2.34. The van der Waals surface area contributed by atoms with E-state index < -0.39 is 11.5 Å². The minimum atomic E-state index is -0.579. The van der Waals surface area contributed by atoms with Gasteiger partial charge in [-0.1, -0.05) is 32.0 Å². The van der Waals surface area contributed by atoms with Gasteiger partial charge in [0.25, 0.3) is 5.91 Å². The number of amides is 2. The Morgan fingerprint density at radius 2 is 1.95 bits per heavy atom. The second-order valence-electron chi connectivity index (χ2n) is 12.3. The third kappa shape index (κ3) is 5.89. The van der Waals surface area contributed by atoms with Gasteiger partial charge in [-0.25, -0.2) is 14.8 Å². The Labute approximate surface area is 229 Å². The van der Waals surface area contributed by atoms with Gasteiger partial charge < -0.3 is 20.7 Å². The van der Waals surface area contributed by atoms with Crippen molar-refractivity contribution in [1.82, 2.24) is 30.0 Å². The summed E-state index contributed by atoms with van der Waals surface area (Å²) >= 11 is 0. The third-order valence-corrected chi connectivity index (χ3v) is 7.07. The molecule has 10 heteroatoms. The first-order valence-electron chi connectivity index (χ1n) is 13.5. The van der Waals surface area contributed by atoms with Crippen LogP contribution in [0.5, 0.6) is 0 Å². The van der Waals surface area contributed by atoms with Crippen molar-refractivity contribution in [2.75, 3.05) is 18.8 Å². The predicted octanol–water partition coefficient (Wildman–Crippen LogP) is 4.30. The molecule has 1 aromatic carbocycles. The number of piperidine rings is 1. The molecule has 0 spiro atoms. The van der Waals surface area contributed by atoms with Crippen LogP contribution in [0.3, 0.4) is 0 Å². The number of nitrogens with zero attached hydrogens (tertiary/aromatic N) is 5. The van der Waals surface area contributed by atoms with E-state index in [0.717, 1.165) is 42.5 Å². The van der Waals surface area contributed by atoms with E-state index in [2.05, 4.69) is 45.0 Å². The van der Waals surface area contributed by atoms with Crippen molar-refractivity contribution in [2.45, 2.75) is 72.1 Å². The van der Waals surface area contributed by atoms with E-state index in [-0.39, 0.29) is 29.1 Å². The second kappa shape index (κ2) is 9.98. The highest BCUT2D eigenvalue weighted by atomic mass is 16.6. The first-order chi connectivity index (χ1) is 18.4. The van der Waals surface area contributed by atoms with Crippen LogP contribution in [0.1, 0.15) is 63.6 Å². The molecule has 206 valence electrons. The molecule has 5 rings (SSSR count). The zero-order chi connectivity index (χ0) is 27.9. The van der Waals surface area contributed by atoms with Crippen molar-refractivity contribution in [1.29, 1.82) is 0 Å². The third-order valence-electron chi connectivity index (χ3n) is 7.07. The number of likely N-dealkylation sites (tertiary alicyclic amines) is 1. The van der Waals surface area contributed by atoms with Crippen molar-refractivity contribution in [2.24, 2.45) is 5.41 Å². The molecule has 3 N–H and O–H groups in total. The number of benzene rings is 1. The molecule has 2 aromatic heterocycles. The minimum Gasteiger partial charge on any atom is -0.444 e. The SMILES string of the molecule is CC1(C)Cc2c(-c3cccc(-c4cnc(N)c(C(=O)N[C@H]5CCCN(C(=O)OC(C)(C)C)C5)n4)c3)cnn2C1. The van der Waals surface area contributed by atoms with Crippen LogP contribution in [-0.4, -0.2) is 61.4 Å². The summed E-state index contributed by atoms with van der Waals surface area (Å²) < 4.78 is 7.58. The standard InChI is InChI=1S/C29H37N7O3/c1-28(2,3)39-27(38)35-11-7-10-20(16-35)33-26(37)24-25(30)31-15-22(34-24)19-9-6-8-18(12-19)21-14-32-36-17-29(4,5)13-23(21)36/h6,8-9,12,14-15,20H,7,10-11,13,16-17H2,1-5H3,(H2,30,31)(H,33,37)/t20-/m0/s1. The van der Waals surface area contributed by atoms with E-state index in [4.69, 9.17) is 10.5 Å². The lowest BCUT2D eigenvalue weighted by atomic mass is 9.89. The first-order valence-corrected chi connectivity index (χ1v) is 13.5. The largest absolute Gasteiger partial charge is 0.444 e. The highest BCUT2D eigenvalue weighted by molar-refractivity contribution is 5.97. The average molecular weight is 532 g/mol. The number of rotatable bonds is 4. The Balaban J connectivity index is 1.33. The molecule has 3 aromatic rings. The van der Waals surface area contributed by atoms with Gasteiger partial charge in [0.2, 0.25) is 0 Å². The molecule has 10 nitrogen and oxygen atoms in total. The van der Waals surface area contributed by atoms with Gasteiger partial charge in [0.05, 0.1) is 18.1 Å². The molecule has 1 fully saturated rings. The van der Waals surface area contributed by atoms with Gasteiger partial charge in [0, 0.05) is 42.5 Å². The van der Waals surface area contributed by atoms with E-state index in [9.17, 15) is 9.59 Å². The molecule has 39 heavy (non-hydrogen) atoms. The molecule has 2 amide bonds. The van der Waals surface area contributed by atoms with Crippen molar-refractivity contribution in [3.8, 4) is 22.4 Å². The summed E-state index contributed by atoms with van der Waals surface area (Å²) in [6, 6.07) is 7.79. The molecule has 0 saturated carbocycles. The van der Waals surface area contributed by atoms with E-state index in [0.29, 0.717) is 18.8 Å². The van der Waals surface area contributed by atoms with Gasteiger partial charge in [-0.05, 0) is 57.1 Å². The zero-order valence-corrected chi connectivity index (χ0v) is 23.3. The van der Waals surface area contributed by atoms with Gasteiger partial charge in [-0.3, -0.25) is 9.48 Å². The second-order valence-corrected chi connectivity index (χ2v) is 12.3. The van der Waals surface area contributed by atoms with Crippen LogP contribution in [0.25, 0.3) is 22.4 Å². The van der Waals surface area contributed by atoms with E-state index in [1.54, 1.807) is 11.1 Å². The van der Waals surface area contributed by atoms with Gasteiger partial charge in [-0.15, -0.1) is 0 Å². The van der Waals surface area contributed by atoms with Crippen molar-refractivity contribution in [3.05, 3.63) is 48.0 Å². The molecule has 0 bridgehead atoms. The molecular weight excluding hydrogens is 494 g/mol. The van der Waals surface area contributed by atoms with Crippen LogP contribution in [-0.2, 0) is 17.7 Å². The molecule has 0 unspecified atom stereocenters. The summed E-state index contributed by atoms with van der Waals surface area (Å²) in [7, 11) is 0. The molecule has 0 radical (unpaired) electrons. The van der Waals surface area contributed by atoms with Gasteiger partial charge >= 0.3 is 6.09 Å². The van der Waals surface area contributed by atoms with Crippen LogP contribution in [0.4, 0.5) is 10.6 Å². The Bertz CT molecular complexity index is 1410. The summed E-state index contributed by atoms with van der Waals surface area (Å²) in [5.74, 6) is -0.352. The smallest absolute Gasteiger partial charge is 0.410 e. The molecule has 1 atom stereocenters. The highest BCUT2D eigenvalue weighted by Crippen LogP contribution is 2.37. The minimum absolute atomic E-state index is 0.0592. The zero-order valence-electron chi connectivity index (χ0n) is 23.3. The average Bonchev–Trinajstić information content (AvgIpc) is 3.38. The number of carbonyl (C=O) groups is 2. The molecule has 2 aliphatic rings. The Kier molecular flexibility index (Phi) is 6.82. The Morgan fingerprint density at radius 3 is 2.72 bits per heavy atom.